The minimum absolute atomic E-state index is 0.0144. The van der Waals surface area contributed by atoms with E-state index in [2.05, 4.69) is 10.3 Å². The fraction of sp³-hybridized carbons (Fsp3) is 0.368. The molecule has 2 aromatic rings. The largest absolute Gasteiger partial charge is 0.493 e. The molecular formula is C19H25N3O7S. The second kappa shape index (κ2) is 10.8. The Bertz CT molecular complexity index is 916. The lowest BCUT2D eigenvalue weighted by Crippen LogP contribution is -2.42. The lowest BCUT2D eigenvalue weighted by molar-refractivity contribution is -0.121. The Morgan fingerprint density at radius 3 is 2.43 bits per heavy atom. The third-order valence-electron chi connectivity index (χ3n) is 4.05. The highest BCUT2D eigenvalue weighted by Gasteiger charge is 2.23. The molecule has 0 bridgehead atoms. The maximum atomic E-state index is 12.4. The molecule has 0 saturated heterocycles. The highest BCUT2D eigenvalue weighted by Crippen LogP contribution is 2.36. The molecule has 0 aliphatic carbocycles. The van der Waals surface area contributed by atoms with Crippen LogP contribution in [-0.2, 0) is 14.8 Å². The van der Waals surface area contributed by atoms with Gasteiger partial charge in [-0.15, -0.1) is 0 Å². The van der Waals surface area contributed by atoms with Gasteiger partial charge in [0.15, 0.2) is 11.5 Å². The fourth-order valence-corrected chi connectivity index (χ4v) is 3.54. The van der Waals surface area contributed by atoms with Gasteiger partial charge in [0.25, 0.3) is 0 Å². The molecule has 0 fully saturated rings. The van der Waals surface area contributed by atoms with Crippen molar-refractivity contribution >= 4 is 15.9 Å². The minimum atomic E-state index is -3.84. The number of nitrogens with zero attached hydrogens (tertiary/aromatic N) is 2. The first-order valence-electron chi connectivity index (χ1n) is 8.94. The smallest absolute Gasteiger partial charge is 0.244 e. The number of likely N-dealkylation sites (N-methyl/N-ethyl adjacent to an activating group) is 1. The first-order valence-corrected chi connectivity index (χ1v) is 10.4. The van der Waals surface area contributed by atoms with Crippen LogP contribution in [0.5, 0.6) is 17.2 Å². The predicted octanol–water partition coefficient (Wildman–Crippen LogP) is 0.275. The van der Waals surface area contributed by atoms with E-state index in [0.717, 1.165) is 4.31 Å². The van der Waals surface area contributed by atoms with Crippen LogP contribution < -0.4 is 19.5 Å². The van der Waals surface area contributed by atoms with Crippen molar-refractivity contribution in [3.8, 4) is 17.2 Å². The second-order valence-corrected chi connectivity index (χ2v) is 8.26. The summed E-state index contributed by atoms with van der Waals surface area (Å²) in [7, 11) is 0.409. The summed E-state index contributed by atoms with van der Waals surface area (Å²) in [6.45, 7) is -0.678. The Morgan fingerprint density at radius 2 is 1.87 bits per heavy atom. The lowest BCUT2D eigenvalue weighted by atomic mass is 10.3. The van der Waals surface area contributed by atoms with Crippen molar-refractivity contribution in [1.29, 1.82) is 0 Å². The molecule has 1 aromatic carbocycles. The van der Waals surface area contributed by atoms with Crippen LogP contribution in [0.2, 0.25) is 0 Å². The summed E-state index contributed by atoms with van der Waals surface area (Å²) in [5.74, 6) is 0.634. The van der Waals surface area contributed by atoms with Gasteiger partial charge in [-0.25, -0.2) is 8.42 Å². The Kier molecular flexibility index (Phi) is 8.39. The normalized spacial score (nSPS) is 12.3. The number of rotatable bonds is 11. The second-order valence-electron chi connectivity index (χ2n) is 6.21. The topological polar surface area (TPSA) is 127 Å². The molecule has 1 aromatic heterocycles. The average molecular weight is 439 g/mol. The standard InChI is InChI=1S/C19H25N3O7S/c1-22(30(25,26)15-6-5-9-20-11-15)12-18(24)21-10-14(23)13-29-19-16(27-2)7-4-8-17(19)28-3/h4-9,11,14,23H,10,12-13H2,1-3H3,(H,21,24). The summed E-state index contributed by atoms with van der Waals surface area (Å²) in [5.41, 5.74) is 0. The zero-order chi connectivity index (χ0) is 22.1. The van der Waals surface area contributed by atoms with E-state index in [-0.39, 0.29) is 18.0 Å². The summed E-state index contributed by atoms with van der Waals surface area (Å²) < 4.78 is 41.7. The molecule has 11 heteroatoms. The Balaban J connectivity index is 1.85. The number of aromatic nitrogens is 1. The van der Waals surface area contributed by atoms with Crippen molar-refractivity contribution in [1.82, 2.24) is 14.6 Å². The summed E-state index contributed by atoms with van der Waals surface area (Å²) in [4.78, 5) is 15.8. The Morgan fingerprint density at radius 1 is 1.20 bits per heavy atom. The van der Waals surface area contributed by atoms with Gasteiger partial charge in [-0.05, 0) is 24.3 Å². The molecule has 30 heavy (non-hydrogen) atoms. The number of benzene rings is 1. The molecule has 1 atom stereocenters. The van der Waals surface area contributed by atoms with Gasteiger partial charge in [0.1, 0.15) is 17.6 Å². The lowest BCUT2D eigenvalue weighted by Gasteiger charge is -2.19. The molecule has 1 amide bonds. The molecule has 1 unspecified atom stereocenters. The Hall–Kier alpha value is -2.89. The van der Waals surface area contributed by atoms with Crippen LogP contribution in [0.1, 0.15) is 0 Å². The summed E-state index contributed by atoms with van der Waals surface area (Å²) in [6, 6.07) is 7.99. The number of nitrogens with one attached hydrogen (secondary N) is 1. The van der Waals surface area contributed by atoms with Crippen molar-refractivity contribution in [2.45, 2.75) is 11.0 Å². The van der Waals surface area contributed by atoms with Gasteiger partial charge in [-0.1, -0.05) is 6.07 Å². The molecule has 0 spiro atoms. The maximum absolute atomic E-state index is 12.4. The van der Waals surface area contributed by atoms with Gasteiger partial charge in [-0.3, -0.25) is 9.78 Å². The number of pyridine rings is 1. The number of aliphatic hydroxyl groups is 1. The average Bonchev–Trinajstić information content (AvgIpc) is 2.76. The molecule has 1 heterocycles. The van der Waals surface area contributed by atoms with Crippen molar-refractivity contribution in [2.24, 2.45) is 0 Å². The number of carbonyl (C=O) groups excluding carboxylic acids is 1. The van der Waals surface area contributed by atoms with Crippen LogP contribution in [0.15, 0.2) is 47.6 Å². The number of aliphatic hydroxyl groups excluding tert-OH is 1. The number of hydrogen-bond donors (Lipinski definition) is 2. The van der Waals surface area contributed by atoms with Crippen LogP contribution in [-0.4, -0.2) is 75.8 Å². The molecule has 10 nitrogen and oxygen atoms in total. The van der Waals surface area contributed by atoms with Crippen molar-refractivity contribution in [2.75, 3.05) is 41.0 Å². The highest BCUT2D eigenvalue weighted by atomic mass is 32.2. The molecule has 2 N–H and O–H groups in total. The maximum Gasteiger partial charge on any atom is 0.244 e. The van der Waals surface area contributed by atoms with Crippen LogP contribution in [0.3, 0.4) is 0 Å². The molecule has 0 saturated carbocycles. The van der Waals surface area contributed by atoms with E-state index < -0.39 is 28.6 Å². The van der Waals surface area contributed by atoms with E-state index in [1.165, 1.54) is 45.8 Å². The Labute approximate surface area is 175 Å². The summed E-state index contributed by atoms with van der Waals surface area (Å²) >= 11 is 0. The molecule has 2 rings (SSSR count). The summed E-state index contributed by atoms with van der Waals surface area (Å²) in [5, 5.41) is 12.6. The van der Waals surface area contributed by atoms with Crippen molar-refractivity contribution < 1.29 is 32.5 Å². The number of methoxy groups -OCH3 is 2. The first-order chi connectivity index (χ1) is 14.3. The van der Waals surface area contributed by atoms with Crippen molar-refractivity contribution in [3.05, 3.63) is 42.7 Å². The molecule has 0 aliphatic heterocycles. The number of para-hydroxylation sites is 1. The van der Waals surface area contributed by atoms with Gasteiger partial charge >= 0.3 is 0 Å². The molecule has 0 aliphatic rings. The van der Waals surface area contributed by atoms with Gasteiger partial charge < -0.3 is 24.6 Å². The number of ether oxygens (including phenoxy) is 3. The zero-order valence-corrected chi connectivity index (χ0v) is 17.8. The van der Waals surface area contributed by atoms with E-state index in [1.54, 1.807) is 18.2 Å². The number of sulfonamides is 1. The van der Waals surface area contributed by atoms with Gasteiger partial charge in [0.05, 0.1) is 20.8 Å². The fourth-order valence-electron chi connectivity index (χ4n) is 2.45. The van der Waals surface area contributed by atoms with E-state index >= 15 is 0 Å². The van der Waals surface area contributed by atoms with Crippen LogP contribution in [0, 0.1) is 0 Å². The van der Waals surface area contributed by atoms with Crippen LogP contribution in [0.25, 0.3) is 0 Å². The number of amides is 1. The molecule has 0 radical (unpaired) electrons. The van der Waals surface area contributed by atoms with E-state index in [0.29, 0.717) is 17.2 Å². The number of carbonyl (C=O) groups is 1. The molecular weight excluding hydrogens is 414 g/mol. The molecule has 164 valence electrons. The van der Waals surface area contributed by atoms with E-state index in [4.69, 9.17) is 14.2 Å². The van der Waals surface area contributed by atoms with Crippen molar-refractivity contribution in [3.63, 3.8) is 0 Å². The van der Waals surface area contributed by atoms with Gasteiger partial charge in [0, 0.05) is 26.0 Å². The van der Waals surface area contributed by atoms with Crippen LogP contribution in [0.4, 0.5) is 0 Å². The third kappa shape index (κ3) is 6.05. The summed E-state index contributed by atoms with van der Waals surface area (Å²) in [6.07, 6.45) is 1.62. The predicted molar refractivity (Wildman–Crippen MR) is 108 cm³/mol. The quantitative estimate of drug-likeness (QED) is 0.511. The van der Waals surface area contributed by atoms with Gasteiger partial charge in [-0.2, -0.15) is 4.31 Å². The number of hydrogen-bond acceptors (Lipinski definition) is 8. The van der Waals surface area contributed by atoms with Gasteiger partial charge in [0.2, 0.25) is 21.7 Å². The van der Waals surface area contributed by atoms with E-state index in [9.17, 15) is 18.3 Å². The SMILES string of the molecule is COc1cccc(OC)c1OCC(O)CNC(=O)CN(C)S(=O)(=O)c1cccnc1. The minimum Gasteiger partial charge on any atom is -0.493 e. The third-order valence-corrected chi connectivity index (χ3v) is 5.83. The van der Waals surface area contributed by atoms with Crippen LogP contribution >= 0.6 is 0 Å². The first kappa shape index (κ1) is 23.4. The monoisotopic (exact) mass is 439 g/mol. The van der Waals surface area contributed by atoms with E-state index in [1.807, 2.05) is 0 Å². The zero-order valence-electron chi connectivity index (χ0n) is 16.9. The highest BCUT2D eigenvalue weighted by molar-refractivity contribution is 7.89.